The molecule has 0 aliphatic carbocycles. The summed E-state index contributed by atoms with van der Waals surface area (Å²) in [6.07, 6.45) is 0.661. The topological polar surface area (TPSA) is 191 Å². The zero-order valence-electron chi connectivity index (χ0n) is 15.2. The van der Waals surface area contributed by atoms with Gasteiger partial charge in [0.2, 0.25) is 17.7 Å². The number of thiol groups is 1. The van der Waals surface area contributed by atoms with E-state index in [-0.39, 0.29) is 11.7 Å². The number of amides is 3. The Bertz CT molecular complexity index is 534. The van der Waals surface area contributed by atoms with Crippen molar-refractivity contribution in [2.75, 3.05) is 19.0 Å². The van der Waals surface area contributed by atoms with Gasteiger partial charge in [-0.15, -0.1) is 0 Å². The smallest absolute Gasteiger partial charge is 0.328 e. The molecule has 0 aromatic rings. The Morgan fingerprint density at radius 3 is 1.78 bits per heavy atom. The van der Waals surface area contributed by atoms with Gasteiger partial charge in [0.1, 0.15) is 18.1 Å². The summed E-state index contributed by atoms with van der Waals surface area (Å²) in [5, 5.41) is 33.6. The van der Waals surface area contributed by atoms with Crippen molar-refractivity contribution in [3.05, 3.63) is 0 Å². The number of aliphatic hydroxyl groups excluding tert-OH is 2. The highest BCUT2D eigenvalue weighted by Crippen LogP contribution is 2.05. The van der Waals surface area contributed by atoms with Crippen molar-refractivity contribution in [2.24, 2.45) is 11.7 Å². The molecule has 12 heteroatoms. The molecule has 8 N–H and O–H groups in total. The highest BCUT2D eigenvalue weighted by atomic mass is 32.1. The third kappa shape index (κ3) is 8.12. The van der Waals surface area contributed by atoms with Gasteiger partial charge in [0.05, 0.1) is 19.3 Å². The highest BCUT2D eigenvalue weighted by molar-refractivity contribution is 7.80. The van der Waals surface area contributed by atoms with Crippen LogP contribution in [0.5, 0.6) is 0 Å². The summed E-state index contributed by atoms with van der Waals surface area (Å²) < 4.78 is 0. The Kier molecular flexibility index (Phi) is 11.6. The molecule has 156 valence electrons. The first-order chi connectivity index (χ1) is 12.6. The van der Waals surface area contributed by atoms with E-state index in [1.165, 1.54) is 0 Å². The molecule has 0 rings (SSSR count). The number of hydrogen-bond acceptors (Lipinski definition) is 8. The Morgan fingerprint density at radius 1 is 0.926 bits per heavy atom. The Balaban J connectivity index is 4.93. The Labute approximate surface area is 162 Å². The van der Waals surface area contributed by atoms with Gasteiger partial charge in [0.25, 0.3) is 0 Å². The van der Waals surface area contributed by atoms with E-state index in [9.17, 15) is 24.3 Å². The normalized spacial score (nSPS) is 16.4. The molecule has 5 unspecified atom stereocenters. The van der Waals surface area contributed by atoms with Gasteiger partial charge in [-0.1, -0.05) is 20.3 Å². The molecule has 3 amide bonds. The number of carboxylic acids is 1. The summed E-state index contributed by atoms with van der Waals surface area (Å²) in [6, 6.07) is -5.01. The standard InChI is InChI=1S/C15H28N4O7S/c1-3-7(2)11(16)14(24)19-10(6-27)13(23)17-8(4-20)12(22)18-9(5-21)15(25)26/h7-11,20-21,27H,3-6,16H2,1-2H3,(H,17,23)(H,18,22)(H,19,24)(H,25,26). The summed E-state index contributed by atoms with van der Waals surface area (Å²) in [5.74, 6) is -4.06. The van der Waals surface area contributed by atoms with Gasteiger partial charge in [-0.3, -0.25) is 14.4 Å². The van der Waals surface area contributed by atoms with Crippen LogP contribution in [-0.2, 0) is 19.2 Å². The fourth-order valence-electron chi connectivity index (χ4n) is 1.90. The maximum atomic E-state index is 12.3. The average molecular weight is 408 g/mol. The third-order valence-corrected chi connectivity index (χ3v) is 4.35. The molecule has 27 heavy (non-hydrogen) atoms. The van der Waals surface area contributed by atoms with E-state index >= 15 is 0 Å². The molecule has 0 fully saturated rings. The lowest BCUT2D eigenvalue weighted by Crippen LogP contribution is -2.59. The highest BCUT2D eigenvalue weighted by Gasteiger charge is 2.30. The van der Waals surface area contributed by atoms with E-state index < -0.39 is 61.1 Å². The van der Waals surface area contributed by atoms with E-state index in [1.54, 1.807) is 6.92 Å². The Morgan fingerprint density at radius 2 is 1.37 bits per heavy atom. The second-order valence-electron chi connectivity index (χ2n) is 5.98. The van der Waals surface area contributed by atoms with E-state index in [0.717, 1.165) is 0 Å². The molecule has 0 bridgehead atoms. The first kappa shape index (κ1) is 25.1. The number of hydrogen-bond donors (Lipinski definition) is 8. The molecular weight excluding hydrogens is 380 g/mol. The van der Waals surface area contributed by atoms with Crippen molar-refractivity contribution in [2.45, 2.75) is 44.4 Å². The molecule has 0 aliphatic heterocycles. The first-order valence-electron chi connectivity index (χ1n) is 8.34. The third-order valence-electron chi connectivity index (χ3n) is 3.99. The SMILES string of the molecule is CCC(C)C(N)C(=O)NC(CS)C(=O)NC(CO)C(=O)NC(CO)C(=O)O. The van der Waals surface area contributed by atoms with Gasteiger partial charge in [0, 0.05) is 5.75 Å². The molecule has 0 saturated carbocycles. The van der Waals surface area contributed by atoms with Crippen LogP contribution >= 0.6 is 12.6 Å². The van der Waals surface area contributed by atoms with Crippen LogP contribution in [-0.4, -0.2) is 82.1 Å². The van der Waals surface area contributed by atoms with Crippen molar-refractivity contribution in [3.8, 4) is 0 Å². The zero-order valence-corrected chi connectivity index (χ0v) is 16.1. The van der Waals surface area contributed by atoms with Gasteiger partial charge >= 0.3 is 5.97 Å². The van der Waals surface area contributed by atoms with Crippen LogP contribution in [0.2, 0.25) is 0 Å². The molecule has 0 aliphatic rings. The van der Waals surface area contributed by atoms with Crippen LogP contribution in [0, 0.1) is 5.92 Å². The summed E-state index contributed by atoms with van der Waals surface area (Å²) in [7, 11) is 0. The lowest BCUT2D eigenvalue weighted by molar-refractivity contribution is -0.143. The number of rotatable bonds is 12. The van der Waals surface area contributed by atoms with Crippen LogP contribution in [0.4, 0.5) is 0 Å². The number of carbonyl (C=O) groups is 4. The van der Waals surface area contributed by atoms with E-state index in [0.29, 0.717) is 6.42 Å². The van der Waals surface area contributed by atoms with Gasteiger partial charge < -0.3 is 37.0 Å². The van der Waals surface area contributed by atoms with Crippen LogP contribution in [0.3, 0.4) is 0 Å². The summed E-state index contributed by atoms with van der Waals surface area (Å²) in [4.78, 5) is 47.1. The minimum Gasteiger partial charge on any atom is -0.480 e. The second-order valence-corrected chi connectivity index (χ2v) is 6.35. The minimum atomic E-state index is -1.59. The van der Waals surface area contributed by atoms with Crippen molar-refractivity contribution < 1.29 is 34.5 Å². The van der Waals surface area contributed by atoms with Crippen LogP contribution in [0.15, 0.2) is 0 Å². The van der Waals surface area contributed by atoms with Crippen LogP contribution in [0.1, 0.15) is 20.3 Å². The summed E-state index contributed by atoms with van der Waals surface area (Å²) in [6.45, 7) is 1.96. The van der Waals surface area contributed by atoms with Crippen molar-refractivity contribution in [1.29, 1.82) is 0 Å². The zero-order chi connectivity index (χ0) is 21.1. The second kappa shape index (κ2) is 12.5. The number of nitrogens with two attached hydrogens (primary N) is 1. The average Bonchev–Trinajstić information content (AvgIpc) is 2.65. The largest absolute Gasteiger partial charge is 0.480 e. The van der Waals surface area contributed by atoms with Crippen molar-refractivity contribution in [1.82, 2.24) is 16.0 Å². The van der Waals surface area contributed by atoms with E-state index in [1.807, 2.05) is 12.2 Å². The molecule has 0 aromatic heterocycles. The fourth-order valence-corrected chi connectivity index (χ4v) is 2.16. The number of carboxylic acid groups (broad SMARTS) is 1. The molecule has 5 atom stereocenters. The van der Waals surface area contributed by atoms with E-state index in [4.69, 9.17) is 15.9 Å². The maximum Gasteiger partial charge on any atom is 0.328 e. The van der Waals surface area contributed by atoms with Gasteiger partial charge in [-0.2, -0.15) is 12.6 Å². The predicted molar refractivity (Wildman–Crippen MR) is 98.9 cm³/mol. The quantitative estimate of drug-likeness (QED) is 0.155. The van der Waals surface area contributed by atoms with Gasteiger partial charge in [-0.05, 0) is 5.92 Å². The van der Waals surface area contributed by atoms with E-state index in [2.05, 4.69) is 23.3 Å². The fraction of sp³-hybridized carbons (Fsp3) is 0.733. The molecule has 0 radical (unpaired) electrons. The number of aliphatic carboxylic acids is 1. The van der Waals surface area contributed by atoms with Crippen LogP contribution in [0.25, 0.3) is 0 Å². The predicted octanol–water partition coefficient (Wildman–Crippen LogP) is -3.19. The maximum absolute atomic E-state index is 12.3. The molecule has 0 heterocycles. The molecule has 11 nitrogen and oxygen atoms in total. The number of carbonyl (C=O) groups excluding carboxylic acids is 3. The molecule has 0 saturated heterocycles. The molecular formula is C15H28N4O7S. The molecule has 0 aromatic carbocycles. The minimum absolute atomic E-state index is 0.0983. The van der Waals surface area contributed by atoms with Crippen molar-refractivity contribution in [3.63, 3.8) is 0 Å². The van der Waals surface area contributed by atoms with Gasteiger partial charge in [-0.25, -0.2) is 4.79 Å². The number of nitrogens with one attached hydrogen (secondary N) is 3. The summed E-state index contributed by atoms with van der Waals surface area (Å²) in [5.41, 5.74) is 5.80. The number of aliphatic hydroxyl groups is 2. The first-order valence-corrected chi connectivity index (χ1v) is 8.98. The van der Waals surface area contributed by atoms with Gasteiger partial charge in [0.15, 0.2) is 0 Å². The molecule has 0 spiro atoms. The lowest BCUT2D eigenvalue weighted by atomic mass is 9.99. The monoisotopic (exact) mass is 408 g/mol. The lowest BCUT2D eigenvalue weighted by Gasteiger charge is -2.24. The Hall–Kier alpha value is -1.89. The van der Waals surface area contributed by atoms with Crippen LogP contribution < -0.4 is 21.7 Å². The summed E-state index contributed by atoms with van der Waals surface area (Å²) >= 11 is 3.98. The van der Waals surface area contributed by atoms with Crippen molar-refractivity contribution >= 4 is 36.3 Å².